The van der Waals surface area contributed by atoms with Gasteiger partial charge in [-0.2, -0.15) is 13.2 Å². The van der Waals surface area contributed by atoms with E-state index in [0.29, 0.717) is 5.41 Å². The zero-order chi connectivity index (χ0) is 22.4. The lowest BCUT2D eigenvalue weighted by Crippen LogP contribution is -2.45. The Bertz CT molecular complexity index is 977. The third-order valence-electron chi connectivity index (χ3n) is 6.10. The van der Waals surface area contributed by atoms with Gasteiger partial charge in [0.2, 0.25) is 11.8 Å². The molecule has 2 fully saturated rings. The van der Waals surface area contributed by atoms with Crippen molar-refractivity contribution in [1.82, 2.24) is 20.1 Å². The Hall–Kier alpha value is -2.85. The van der Waals surface area contributed by atoms with E-state index < -0.39 is 17.9 Å². The molecule has 8 nitrogen and oxygen atoms in total. The Morgan fingerprint density at radius 3 is 2.52 bits per heavy atom. The number of methoxy groups -OCH3 is 1. The number of nitrogens with zero attached hydrogens (tertiary/aromatic N) is 4. The second-order valence-corrected chi connectivity index (χ2v) is 8.31. The predicted molar refractivity (Wildman–Crippen MR) is 104 cm³/mol. The largest absolute Gasteiger partial charge is 0.480 e. The van der Waals surface area contributed by atoms with Gasteiger partial charge in [-0.15, -0.1) is 5.10 Å². The summed E-state index contributed by atoms with van der Waals surface area (Å²) in [5.41, 5.74) is -0.530. The molecule has 1 N–H and O–H groups in total. The molecule has 2 aliphatic rings. The van der Waals surface area contributed by atoms with Crippen molar-refractivity contribution in [1.29, 1.82) is 0 Å². The quantitative estimate of drug-likeness (QED) is 0.760. The van der Waals surface area contributed by atoms with Crippen LogP contribution in [0, 0.1) is 12.3 Å². The van der Waals surface area contributed by atoms with Gasteiger partial charge in [0.05, 0.1) is 7.11 Å². The maximum absolute atomic E-state index is 13.1. The average Bonchev–Trinajstić information content (AvgIpc) is 3.31. The van der Waals surface area contributed by atoms with Crippen molar-refractivity contribution >= 4 is 11.9 Å². The highest BCUT2D eigenvalue weighted by molar-refractivity contribution is 5.83. The highest BCUT2D eigenvalue weighted by atomic mass is 19.4. The van der Waals surface area contributed by atoms with Crippen molar-refractivity contribution in [3.8, 4) is 17.3 Å². The summed E-state index contributed by atoms with van der Waals surface area (Å²) >= 11 is 0. The maximum atomic E-state index is 13.1. The molecule has 1 saturated heterocycles. The van der Waals surface area contributed by atoms with Crippen LogP contribution in [0.3, 0.4) is 0 Å². The van der Waals surface area contributed by atoms with Gasteiger partial charge in [-0.1, -0.05) is 5.10 Å². The maximum Gasteiger partial charge on any atom is 0.433 e. The summed E-state index contributed by atoms with van der Waals surface area (Å²) in [4.78, 5) is 18.1. The van der Waals surface area contributed by atoms with E-state index in [0.717, 1.165) is 25.9 Å². The number of nitrogens with one attached hydrogen (secondary N) is 1. The minimum Gasteiger partial charge on any atom is -0.480 e. The van der Waals surface area contributed by atoms with Crippen molar-refractivity contribution in [2.75, 3.05) is 25.5 Å². The van der Waals surface area contributed by atoms with Crippen LogP contribution in [0.15, 0.2) is 10.5 Å². The van der Waals surface area contributed by atoms with E-state index >= 15 is 0 Å². The van der Waals surface area contributed by atoms with Crippen LogP contribution in [-0.4, -0.2) is 52.2 Å². The molecule has 11 heteroatoms. The fourth-order valence-electron chi connectivity index (χ4n) is 3.98. The number of rotatable bonds is 5. The molecule has 0 aromatic carbocycles. The molecule has 1 spiro atoms. The molecular formula is C20H24F3N5O3. The van der Waals surface area contributed by atoms with Gasteiger partial charge in [-0.25, -0.2) is 4.98 Å². The summed E-state index contributed by atoms with van der Waals surface area (Å²) in [5.74, 6) is -0.392. The van der Waals surface area contributed by atoms with Gasteiger partial charge in [0.25, 0.3) is 5.89 Å². The smallest absolute Gasteiger partial charge is 0.433 e. The molecule has 3 heterocycles. The summed E-state index contributed by atoms with van der Waals surface area (Å²) in [5, 5.41) is 10.6. The molecule has 1 aliphatic heterocycles. The standard InChI is InChI=1S/C20H24F3N5O3/c1-11-10-13(15(30-3)25-14(11)20(21,22)23)16-26-27-18(31-16)24-12(2)17(29)28-8-6-19(4-5-19)7-9-28/h10,12H,4-9H2,1-3H3,(H,24,27)/t12-/m1/s1. The number of alkyl halides is 3. The van der Waals surface area contributed by atoms with Crippen LogP contribution in [0.25, 0.3) is 11.5 Å². The van der Waals surface area contributed by atoms with Gasteiger partial charge >= 0.3 is 12.2 Å². The first-order valence-electron chi connectivity index (χ1n) is 10.1. The molecule has 168 valence electrons. The number of hydrogen-bond acceptors (Lipinski definition) is 7. The Labute approximate surface area is 177 Å². The van der Waals surface area contributed by atoms with Gasteiger partial charge in [-0.05, 0) is 56.6 Å². The van der Waals surface area contributed by atoms with E-state index in [1.807, 2.05) is 4.90 Å². The van der Waals surface area contributed by atoms with Gasteiger partial charge < -0.3 is 19.4 Å². The molecular weight excluding hydrogens is 415 g/mol. The first-order chi connectivity index (χ1) is 14.6. The highest BCUT2D eigenvalue weighted by Crippen LogP contribution is 2.53. The van der Waals surface area contributed by atoms with E-state index in [1.54, 1.807) is 6.92 Å². The number of likely N-dealkylation sites (tertiary alicyclic amines) is 1. The minimum absolute atomic E-state index is 0.00822. The third kappa shape index (κ3) is 4.31. The molecule has 2 aromatic heterocycles. The molecule has 1 saturated carbocycles. The second kappa shape index (κ2) is 7.69. The first-order valence-corrected chi connectivity index (χ1v) is 10.1. The number of anilines is 1. The molecule has 0 unspecified atom stereocenters. The lowest BCUT2D eigenvalue weighted by Gasteiger charge is -2.33. The van der Waals surface area contributed by atoms with Crippen molar-refractivity contribution in [2.45, 2.75) is 51.7 Å². The van der Waals surface area contributed by atoms with E-state index in [-0.39, 0.29) is 34.8 Å². The summed E-state index contributed by atoms with van der Waals surface area (Å²) in [6, 6.07) is 0.643. The van der Waals surface area contributed by atoms with Crippen LogP contribution < -0.4 is 10.1 Å². The van der Waals surface area contributed by atoms with Gasteiger partial charge in [0.1, 0.15) is 11.6 Å². The van der Waals surface area contributed by atoms with Crippen molar-refractivity contribution < 1.29 is 27.1 Å². The first kappa shape index (κ1) is 21.4. The van der Waals surface area contributed by atoms with Crippen molar-refractivity contribution in [2.24, 2.45) is 5.41 Å². The molecule has 1 amide bonds. The number of aromatic nitrogens is 3. The van der Waals surface area contributed by atoms with E-state index in [4.69, 9.17) is 9.15 Å². The lowest BCUT2D eigenvalue weighted by atomic mass is 9.93. The molecule has 1 aliphatic carbocycles. The zero-order valence-electron chi connectivity index (χ0n) is 17.5. The van der Waals surface area contributed by atoms with Crippen molar-refractivity contribution in [3.63, 3.8) is 0 Å². The SMILES string of the molecule is COc1nc(C(F)(F)F)c(C)cc1-c1nnc(N[C@H](C)C(=O)N2CCC3(CC2)CC3)o1. The Morgan fingerprint density at radius 1 is 1.26 bits per heavy atom. The lowest BCUT2D eigenvalue weighted by molar-refractivity contribution is -0.141. The molecule has 1 atom stereocenters. The number of carbonyl (C=O) groups excluding carboxylic acids is 1. The number of halogens is 3. The zero-order valence-corrected chi connectivity index (χ0v) is 17.5. The average molecular weight is 439 g/mol. The number of hydrogen-bond donors (Lipinski definition) is 1. The number of ether oxygens (including phenoxy) is 1. The molecule has 4 rings (SSSR count). The fraction of sp³-hybridized carbons (Fsp3) is 0.600. The van der Waals surface area contributed by atoms with Crippen LogP contribution >= 0.6 is 0 Å². The van der Waals surface area contributed by atoms with Crippen LogP contribution in [-0.2, 0) is 11.0 Å². The topological polar surface area (TPSA) is 93.4 Å². The van der Waals surface area contributed by atoms with Crippen molar-refractivity contribution in [3.05, 3.63) is 17.3 Å². The van der Waals surface area contributed by atoms with Crippen LogP contribution in [0.1, 0.15) is 43.9 Å². The van der Waals surface area contributed by atoms with E-state index in [2.05, 4.69) is 20.5 Å². The number of pyridine rings is 1. The van der Waals surface area contributed by atoms with Crippen LogP contribution in [0.2, 0.25) is 0 Å². The van der Waals surface area contributed by atoms with E-state index in [9.17, 15) is 18.0 Å². The molecule has 0 bridgehead atoms. The molecule has 2 aromatic rings. The summed E-state index contributed by atoms with van der Waals surface area (Å²) in [6.45, 7) is 4.48. The highest BCUT2D eigenvalue weighted by Gasteiger charge is 2.45. The Balaban J connectivity index is 1.46. The van der Waals surface area contributed by atoms with Gasteiger partial charge in [-0.3, -0.25) is 4.79 Å². The third-order valence-corrected chi connectivity index (χ3v) is 6.10. The summed E-state index contributed by atoms with van der Waals surface area (Å²) in [6.07, 6.45) is -0.0159. The predicted octanol–water partition coefficient (Wildman–Crippen LogP) is 3.67. The molecule has 31 heavy (non-hydrogen) atoms. The number of amides is 1. The monoisotopic (exact) mass is 439 g/mol. The van der Waals surface area contributed by atoms with Gasteiger partial charge in [0, 0.05) is 13.1 Å². The Morgan fingerprint density at radius 2 is 1.94 bits per heavy atom. The van der Waals surface area contributed by atoms with E-state index in [1.165, 1.54) is 32.9 Å². The van der Waals surface area contributed by atoms with Crippen LogP contribution in [0.4, 0.5) is 19.2 Å². The number of carbonyl (C=O) groups is 1. The fourth-order valence-corrected chi connectivity index (χ4v) is 3.98. The minimum atomic E-state index is -4.61. The number of piperidine rings is 1. The summed E-state index contributed by atoms with van der Waals surface area (Å²) in [7, 11) is 1.21. The Kier molecular flexibility index (Phi) is 5.30. The number of aryl methyl sites for hydroxylation is 1. The normalized spacial score (nSPS) is 18.7. The second-order valence-electron chi connectivity index (χ2n) is 8.31. The van der Waals surface area contributed by atoms with Gasteiger partial charge in [0.15, 0.2) is 5.69 Å². The van der Waals surface area contributed by atoms with Crippen LogP contribution in [0.5, 0.6) is 5.88 Å². The molecule has 0 radical (unpaired) electrons. The summed E-state index contributed by atoms with van der Waals surface area (Å²) < 4.78 is 49.9.